The SMILES string of the molecule is Cc1ccc(CCC(=O)N2CCCC[C@H]2CCN2CCOCC2)cc1. The third-order valence-corrected chi connectivity index (χ3v) is 5.58. The zero-order valence-corrected chi connectivity index (χ0v) is 15.6. The van der Waals surface area contributed by atoms with E-state index in [2.05, 4.69) is 41.0 Å². The van der Waals surface area contributed by atoms with Crippen molar-refractivity contribution in [2.75, 3.05) is 39.4 Å². The molecule has 2 aliphatic heterocycles. The molecule has 2 heterocycles. The van der Waals surface area contributed by atoms with E-state index in [1.54, 1.807) is 0 Å². The number of carbonyl (C=O) groups excluding carboxylic acids is 1. The summed E-state index contributed by atoms with van der Waals surface area (Å²) in [6.07, 6.45) is 6.18. The van der Waals surface area contributed by atoms with Gasteiger partial charge >= 0.3 is 0 Å². The first-order valence-corrected chi connectivity index (χ1v) is 9.87. The highest BCUT2D eigenvalue weighted by atomic mass is 16.5. The molecule has 3 rings (SSSR count). The number of aryl methyl sites for hydroxylation is 2. The Morgan fingerprint density at radius 3 is 2.64 bits per heavy atom. The number of rotatable bonds is 6. The van der Waals surface area contributed by atoms with Crippen molar-refractivity contribution in [3.63, 3.8) is 0 Å². The molecule has 2 aliphatic rings. The molecular weight excluding hydrogens is 312 g/mol. The fourth-order valence-electron chi connectivity index (χ4n) is 3.94. The van der Waals surface area contributed by atoms with Crippen LogP contribution >= 0.6 is 0 Å². The van der Waals surface area contributed by atoms with Crippen molar-refractivity contribution < 1.29 is 9.53 Å². The molecule has 25 heavy (non-hydrogen) atoms. The summed E-state index contributed by atoms with van der Waals surface area (Å²) >= 11 is 0. The molecular formula is C21H32N2O2. The molecule has 0 saturated carbocycles. The molecule has 1 aromatic carbocycles. The number of amides is 1. The van der Waals surface area contributed by atoms with E-state index in [1.165, 1.54) is 24.0 Å². The summed E-state index contributed by atoms with van der Waals surface area (Å²) in [4.78, 5) is 17.5. The predicted octanol–water partition coefficient (Wildman–Crippen LogP) is 3.03. The van der Waals surface area contributed by atoms with E-state index in [0.29, 0.717) is 18.4 Å². The van der Waals surface area contributed by atoms with Gasteiger partial charge in [0.25, 0.3) is 0 Å². The summed E-state index contributed by atoms with van der Waals surface area (Å²) in [6, 6.07) is 8.99. The lowest BCUT2D eigenvalue weighted by Crippen LogP contribution is -2.46. The van der Waals surface area contributed by atoms with Gasteiger partial charge in [0.15, 0.2) is 0 Å². The summed E-state index contributed by atoms with van der Waals surface area (Å²) in [5, 5.41) is 0. The number of benzene rings is 1. The van der Waals surface area contributed by atoms with Crippen LogP contribution in [0.2, 0.25) is 0 Å². The molecule has 4 heteroatoms. The molecule has 2 saturated heterocycles. The Labute approximate surface area is 152 Å². The van der Waals surface area contributed by atoms with Crippen LogP contribution in [0.15, 0.2) is 24.3 Å². The lowest BCUT2D eigenvalue weighted by atomic mass is 9.97. The van der Waals surface area contributed by atoms with E-state index >= 15 is 0 Å². The van der Waals surface area contributed by atoms with Gasteiger partial charge in [0, 0.05) is 38.6 Å². The van der Waals surface area contributed by atoms with Gasteiger partial charge in [-0.2, -0.15) is 0 Å². The first-order chi connectivity index (χ1) is 12.2. The number of ether oxygens (including phenoxy) is 1. The summed E-state index contributed by atoms with van der Waals surface area (Å²) < 4.78 is 5.43. The van der Waals surface area contributed by atoms with Gasteiger partial charge < -0.3 is 9.64 Å². The van der Waals surface area contributed by atoms with Gasteiger partial charge in [0.2, 0.25) is 5.91 Å². The fourth-order valence-corrected chi connectivity index (χ4v) is 3.94. The Morgan fingerprint density at radius 1 is 1.12 bits per heavy atom. The maximum Gasteiger partial charge on any atom is 0.223 e. The van der Waals surface area contributed by atoms with Crippen molar-refractivity contribution in [3.8, 4) is 0 Å². The average molecular weight is 344 g/mol. The Hall–Kier alpha value is -1.39. The van der Waals surface area contributed by atoms with Crippen molar-refractivity contribution in [2.24, 2.45) is 0 Å². The zero-order valence-electron chi connectivity index (χ0n) is 15.6. The van der Waals surface area contributed by atoms with Crippen molar-refractivity contribution in [1.29, 1.82) is 0 Å². The second-order valence-corrected chi connectivity index (χ2v) is 7.47. The van der Waals surface area contributed by atoms with Crippen molar-refractivity contribution in [2.45, 2.75) is 51.5 Å². The van der Waals surface area contributed by atoms with Gasteiger partial charge in [-0.25, -0.2) is 0 Å². The third kappa shape index (κ3) is 5.55. The second kappa shape index (κ2) is 9.35. The van der Waals surface area contributed by atoms with Crippen molar-refractivity contribution in [1.82, 2.24) is 9.80 Å². The Bertz CT molecular complexity index is 537. The monoisotopic (exact) mass is 344 g/mol. The molecule has 1 aromatic rings. The largest absolute Gasteiger partial charge is 0.379 e. The van der Waals surface area contributed by atoms with Crippen LogP contribution in [-0.2, 0) is 16.0 Å². The van der Waals surface area contributed by atoms with Crippen LogP contribution in [0.25, 0.3) is 0 Å². The van der Waals surface area contributed by atoms with Gasteiger partial charge in [-0.15, -0.1) is 0 Å². The van der Waals surface area contributed by atoms with Crippen LogP contribution < -0.4 is 0 Å². The number of piperidine rings is 1. The zero-order chi connectivity index (χ0) is 17.5. The van der Waals surface area contributed by atoms with E-state index in [0.717, 1.165) is 58.7 Å². The predicted molar refractivity (Wildman–Crippen MR) is 101 cm³/mol. The van der Waals surface area contributed by atoms with Crippen LogP contribution in [0.5, 0.6) is 0 Å². The minimum atomic E-state index is 0.340. The highest BCUT2D eigenvalue weighted by Gasteiger charge is 2.26. The second-order valence-electron chi connectivity index (χ2n) is 7.47. The number of hydrogen-bond donors (Lipinski definition) is 0. The van der Waals surface area contributed by atoms with Crippen LogP contribution in [0.3, 0.4) is 0 Å². The van der Waals surface area contributed by atoms with E-state index in [-0.39, 0.29) is 0 Å². The summed E-state index contributed by atoms with van der Waals surface area (Å²) in [6.45, 7) is 7.91. The lowest BCUT2D eigenvalue weighted by molar-refractivity contribution is -0.135. The first-order valence-electron chi connectivity index (χ1n) is 9.87. The molecule has 0 radical (unpaired) electrons. The minimum absolute atomic E-state index is 0.340. The molecule has 0 N–H and O–H groups in total. The minimum Gasteiger partial charge on any atom is -0.379 e. The summed E-state index contributed by atoms with van der Waals surface area (Å²) in [5.74, 6) is 0.340. The Morgan fingerprint density at radius 2 is 1.88 bits per heavy atom. The fraction of sp³-hybridized carbons (Fsp3) is 0.667. The van der Waals surface area contributed by atoms with Gasteiger partial charge in [-0.05, 0) is 44.6 Å². The van der Waals surface area contributed by atoms with Gasteiger partial charge in [-0.3, -0.25) is 9.69 Å². The highest BCUT2D eigenvalue weighted by Crippen LogP contribution is 2.22. The van der Waals surface area contributed by atoms with Crippen molar-refractivity contribution in [3.05, 3.63) is 35.4 Å². The van der Waals surface area contributed by atoms with Gasteiger partial charge in [0.05, 0.1) is 13.2 Å². The van der Waals surface area contributed by atoms with Crippen LogP contribution in [0.4, 0.5) is 0 Å². The molecule has 0 bridgehead atoms. The van der Waals surface area contributed by atoms with Crippen molar-refractivity contribution >= 4 is 5.91 Å². The topological polar surface area (TPSA) is 32.8 Å². The summed E-state index contributed by atoms with van der Waals surface area (Å²) in [5.41, 5.74) is 2.54. The maximum absolute atomic E-state index is 12.8. The smallest absolute Gasteiger partial charge is 0.223 e. The van der Waals surface area contributed by atoms with Crippen LogP contribution in [0, 0.1) is 6.92 Å². The molecule has 138 valence electrons. The number of carbonyl (C=O) groups is 1. The molecule has 1 amide bonds. The normalized spacial score (nSPS) is 22.1. The lowest BCUT2D eigenvalue weighted by Gasteiger charge is -2.37. The van der Waals surface area contributed by atoms with E-state index in [4.69, 9.17) is 4.74 Å². The molecule has 1 atom stereocenters. The Balaban J connectivity index is 1.48. The average Bonchev–Trinajstić information content (AvgIpc) is 2.67. The van der Waals surface area contributed by atoms with Gasteiger partial charge in [0.1, 0.15) is 0 Å². The maximum atomic E-state index is 12.8. The number of nitrogens with zero attached hydrogens (tertiary/aromatic N) is 2. The Kier molecular flexibility index (Phi) is 6.88. The standard InChI is InChI=1S/C21H32N2O2/c1-18-5-7-19(8-6-18)9-10-21(24)23-12-3-2-4-20(23)11-13-22-14-16-25-17-15-22/h5-8,20H,2-4,9-17H2,1H3/t20-/m0/s1. The molecule has 0 unspecified atom stereocenters. The molecule has 4 nitrogen and oxygen atoms in total. The highest BCUT2D eigenvalue weighted by molar-refractivity contribution is 5.77. The first kappa shape index (κ1) is 18.4. The molecule has 0 spiro atoms. The quantitative estimate of drug-likeness (QED) is 0.795. The van der Waals surface area contributed by atoms with E-state index in [9.17, 15) is 4.79 Å². The molecule has 0 aliphatic carbocycles. The van der Waals surface area contributed by atoms with E-state index < -0.39 is 0 Å². The number of likely N-dealkylation sites (tertiary alicyclic amines) is 1. The molecule has 2 fully saturated rings. The number of hydrogen-bond acceptors (Lipinski definition) is 3. The van der Waals surface area contributed by atoms with E-state index in [1.807, 2.05) is 0 Å². The molecule has 0 aromatic heterocycles. The van der Waals surface area contributed by atoms with Crippen LogP contribution in [0.1, 0.15) is 43.2 Å². The summed E-state index contributed by atoms with van der Waals surface area (Å²) in [7, 11) is 0. The third-order valence-electron chi connectivity index (χ3n) is 5.58. The van der Waals surface area contributed by atoms with Gasteiger partial charge in [-0.1, -0.05) is 29.8 Å². The number of morpholine rings is 1. The van der Waals surface area contributed by atoms with Crippen LogP contribution in [-0.4, -0.2) is 61.1 Å².